The maximum Gasteiger partial charge on any atom is 0.231 e. The zero-order chi connectivity index (χ0) is 14.6. The summed E-state index contributed by atoms with van der Waals surface area (Å²) in [5, 5.41) is 0. The number of hydrogen-bond acceptors (Lipinski definition) is 2. The van der Waals surface area contributed by atoms with Crippen LogP contribution in [0.3, 0.4) is 0 Å². The fourth-order valence-electron chi connectivity index (χ4n) is 2.99. The van der Waals surface area contributed by atoms with E-state index in [0.717, 1.165) is 11.5 Å². The molecule has 0 amide bonds. The van der Waals surface area contributed by atoms with E-state index in [-0.39, 0.29) is 5.41 Å². The van der Waals surface area contributed by atoms with E-state index >= 15 is 0 Å². The monoisotopic (exact) mass is 264 g/mol. The molecule has 0 aliphatic carbocycles. The Balaban J connectivity index is 0.000000861. The first kappa shape index (κ1) is 15.9. The van der Waals surface area contributed by atoms with Crippen LogP contribution in [0, 0.1) is 11.3 Å². The lowest BCUT2D eigenvalue weighted by Gasteiger charge is -2.34. The first-order valence-electron chi connectivity index (χ1n) is 7.29. The Morgan fingerprint density at radius 3 is 2.11 bits per heavy atom. The van der Waals surface area contributed by atoms with Gasteiger partial charge in [0, 0.05) is 0 Å². The van der Waals surface area contributed by atoms with Crippen LogP contribution in [0.2, 0.25) is 0 Å². The van der Waals surface area contributed by atoms with Gasteiger partial charge in [0.05, 0.1) is 0 Å². The molecule has 2 rings (SSSR count). The molecular weight excluding hydrogens is 236 g/mol. The van der Waals surface area contributed by atoms with E-state index < -0.39 is 0 Å². The van der Waals surface area contributed by atoms with Gasteiger partial charge in [-0.2, -0.15) is 0 Å². The Morgan fingerprint density at radius 1 is 1.00 bits per heavy atom. The SMILES string of the molecule is CC.CC(C)C(c1ccc2c(c1)OCO2)C(C)(C)C. The molecule has 1 aliphatic heterocycles. The minimum atomic E-state index is 0.252. The van der Waals surface area contributed by atoms with Crippen LogP contribution in [0.4, 0.5) is 0 Å². The third-order valence-electron chi connectivity index (χ3n) is 3.36. The fraction of sp³-hybridized carbons (Fsp3) is 0.647. The molecule has 0 saturated carbocycles. The molecule has 1 aromatic rings. The van der Waals surface area contributed by atoms with Crippen LogP contribution in [0.25, 0.3) is 0 Å². The van der Waals surface area contributed by atoms with E-state index in [2.05, 4.69) is 46.8 Å². The van der Waals surface area contributed by atoms with Crippen LogP contribution in [-0.4, -0.2) is 6.79 Å². The minimum absolute atomic E-state index is 0.252. The van der Waals surface area contributed by atoms with Crippen molar-refractivity contribution in [2.24, 2.45) is 11.3 Å². The Morgan fingerprint density at radius 2 is 1.58 bits per heavy atom. The largest absolute Gasteiger partial charge is 0.454 e. The standard InChI is InChI=1S/C15H22O2.C2H6/c1-10(2)14(15(3,4)5)11-6-7-12-13(8-11)17-9-16-12;1-2/h6-8,10,14H,9H2,1-5H3;1-2H3. The Hall–Kier alpha value is -1.18. The van der Waals surface area contributed by atoms with Gasteiger partial charge in [-0.3, -0.25) is 0 Å². The van der Waals surface area contributed by atoms with Crippen LogP contribution in [0.1, 0.15) is 59.9 Å². The lowest BCUT2D eigenvalue weighted by atomic mass is 9.70. The summed E-state index contributed by atoms with van der Waals surface area (Å²) in [6.07, 6.45) is 0. The van der Waals surface area contributed by atoms with Crippen molar-refractivity contribution in [3.8, 4) is 11.5 Å². The summed E-state index contributed by atoms with van der Waals surface area (Å²) in [6.45, 7) is 15.8. The molecular formula is C17H28O2. The van der Waals surface area contributed by atoms with Gasteiger partial charge in [0.15, 0.2) is 11.5 Å². The first-order valence-corrected chi connectivity index (χ1v) is 7.29. The lowest BCUT2D eigenvalue weighted by Crippen LogP contribution is -2.23. The molecule has 19 heavy (non-hydrogen) atoms. The van der Waals surface area contributed by atoms with Gasteiger partial charge in [-0.15, -0.1) is 0 Å². The summed E-state index contributed by atoms with van der Waals surface area (Å²) < 4.78 is 10.8. The third kappa shape index (κ3) is 3.65. The molecule has 1 unspecified atom stereocenters. The zero-order valence-electron chi connectivity index (χ0n) is 13.4. The van der Waals surface area contributed by atoms with Crippen LogP contribution in [0.5, 0.6) is 11.5 Å². The maximum atomic E-state index is 5.46. The molecule has 108 valence electrons. The van der Waals surface area contributed by atoms with Gasteiger partial charge in [-0.25, -0.2) is 0 Å². The van der Waals surface area contributed by atoms with E-state index in [1.54, 1.807) is 0 Å². The second-order valence-corrected chi connectivity index (χ2v) is 6.20. The summed E-state index contributed by atoms with van der Waals surface area (Å²) in [4.78, 5) is 0. The third-order valence-corrected chi connectivity index (χ3v) is 3.36. The zero-order valence-corrected chi connectivity index (χ0v) is 13.4. The van der Waals surface area contributed by atoms with Crippen molar-refractivity contribution in [1.82, 2.24) is 0 Å². The van der Waals surface area contributed by atoms with Crippen molar-refractivity contribution in [3.63, 3.8) is 0 Å². The van der Waals surface area contributed by atoms with Crippen LogP contribution in [0.15, 0.2) is 18.2 Å². The molecule has 0 radical (unpaired) electrons. The molecule has 0 bridgehead atoms. The quantitative estimate of drug-likeness (QED) is 0.728. The Kier molecular flexibility index (Phi) is 5.28. The highest BCUT2D eigenvalue weighted by Crippen LogP contribution is 2.43. The Bertz CT molecular complexity index is 402. The topological polar surface area (TPSA) is 18.5 Å². The van der Waals surface area contributed by atoms with Crippen LogP contribution >= 0.6 is 0 Å². The fourth-order valence-corrected chi connectivity index (χ4v) is 2.99. The second kappa shape index (κ2) is 6.31. The molecule has 0 aromatic heterocycles. The molecule has 1 aliphatic rings. The van der Waals surface area contributed by atoms with Gasteiger partial charge in [0.1, 0.15) is 0 Å². The molecule has 2 heteroatoms. The van der Waals surface area contributed by atoms with Crippen LogP contribution < -0.4 is 9.47 Å². The normalized spacial score (nSPS) is 14.9. The summed E-state index contributed by atoms with van der Waals surface area (Å²) in [5.41, 5.74) is 1.60. The highest BCUT2D eigenvalue weighted by atomic mass is 16.7. The second-order valence-electron chi connectivity index (χ2n) is 6.20. The molecule has 1 heterocycles. The van der Waals surface area contributed by atoms with Gasteiger partial charge in [-0.1, -0.05) is 54.5 Å². The lowest BCUT2D eigenvalue weighted by molar-refractivity contribution is 0.174. The van der Waals surface area contributed by atoms with Crippen molar-refractivity contribution in [2.75, 3.05) is 6.79 Å². The van der Waals surface area contributed by atoms with Crippen molar-refractivity contribution < 1.29 is 9.47 Å². The van der Waals surface area contributed by atoms with E-state index in [1.165, 1.54) is 5.56 Å². The molecule has 1 aromatic carbocycles. The van der Waals surface area contributed by atoms with Crippen molar-refractivity contribution in [3.05, 3.63) is 23.8 Å². The van der Waals surface area contributed by atoms with Crippen molar-refractivity contribution >= 4 is 0 Å². The number of benzene rings is 1. The highest BCUT2D eigenvalue weighted by molar-refractivity contribution is 5.45. The maximum absolute atomic E-state index is 5.46. The summed E-state index contributed by atoms with van der Waals surface area (Å²) >= 11 is 0. The van der Waals surface area contributed by atoms with E-state index in [9.17, 15) is 0 Å². The molecule has 0 N–H and O–H groups in total. The van der Waals surface area contributed by atoms with E-state index in [1.807, 2.05) is 19.9 Å². The highest BCUT2D eigenvalue weighted by Gasteiger charge is 2.30. The summed E-state index contributed by atoms with van der Waals surface area (Å²) in [6, 6.07) is 6.33. The first-order chi connectivity index (χ1) is 8.89. The predicted octanol–water partition coefficient (Wildman–Crippen LogP) is 5.23. The van der Waals surface area contributed by atoms with E-state index in [4.69, 9.17) is 9.47 Å². The summed E-state index contributed by atoms with van der Waals surface area (Å²) in [5.74, 6) is 2.88. The molecule has 0 spiro atoms. The van der Waals surface area contributed by atoms with Gasteiger partial charge in [-0.05, 0) is 34.9 Å². The predicted molar refractivity (Wildman–Crippen MR) is 80.9 cm³/mol. The summed E-state index contributed by atoms with van der Waals surface area (Å²) in [7, 11) is 0. The Labute approximate surface area is 118 Å². The van der Waals surface area contributed by atoms with Gasteiger partial charge < -0.3 is 9.47 Å². The average molecular weight is 264 g/mol. The van der Waals surface area contributed by atoms with E-state index in [0.29, 0.717) is 18.6 Å². The van der Waals surface area contributed by atoms with Gasteiger partial charge in [0.25, 0.3) is 0 Å². The van der Waals surface area contributed by atoms with Gasteiger partial charge >= 0.3 is 0 Å². The smallest absolute Gasteiger partial charge is 0.231 e. The minimum Gasteiger partial charge on any atom is -0.454 e. The number of rotatable bonds is 2. The molecule has 0 fully saturated rings. The van der Waals surface area contributed by atoms with Crippen LogP contribution in [-0.2, 0) is 0 Å². The van der Waals surface area contributed by atoms with Crippen molar-refractivity contribution in [1.29, 1.82) is 0 Å². The molecule has 0 saturated heterocycles. The molecule has 1 atom stereocenters. The number of ether oxygens (including phenoxy) is 2. The average Bonchev–Trinajstić information content (AvgIpc) is 2.76. The number of fused-ring (bicyclic) bond motifs is 1. The molecule has 2 nitrogen and oxygen atoms in total. The number of hydrogen-bond donors (Lipinski definition) is 0. The van der Waals surface area contributed by atoms with Crippen molar-refractivity contribution in [2.45, 2.75) is 54.4 Å². The van der Waals surface area contributed by atoms with Gasteiger partial charge in [0.2, 0.25) is 6.79 Å².